The van der Waals surface area contributed by atoms with Crippen LogP contribution in [-0.2, 0) is 9.53 Å². The smallest absolute Gasteiger partial charge is 0.331 e. The van der Waals surface area contributed by atoms with Crippen LogP contribution >= 0.6 is 0 Å². The van der Waals surface area contributed by atoms with Crippen LogP contribution in [0.2, 0.25) is 0 Å². The van der Waals surface area contributed by atoms with Gasteiger partial charge in [-0.1, -0.05) is 31.1 Å². The van der Waals surface area contributed by atoms with Crippen molar-refractivity contribution in [2.45, 2.75) is 62.6 Å². The maximum Gasteiger partial charge on any atom is 0.331 e. The molecule has 5 fully saturated rings. The zero-order chi connectivity index (χ0) is 15.2. The highest BCUT2D eigenvalue weighted by Gasteiger charge is 2.84. The molecule has 3 saturated carbocycles. The lowest BCUT2D eigenvalue weighted by molar-refractivity contribution is -0.150. The van der Waals surface area contributed by atoms with Gasteiger partial charge in [0.05, 0.1) is 12.0 Å². The number of carbonyl (C=O) groups excluding carboxylic acids is 1. The van der Waals surface area contributed by atoms with E-state index in [0.29, 0.717) is 35.8 Å². The maximum atomic E-state index is 12.1. The highest BCUT2D eigenvalue weighted by Crippen LogP contribution is 2.74. The molecule has 0 aromatic rings. The summed E-state index contributed by atoms with van der Waals surface area (Å²) in [6.45, 7) is 1.19. The van der Waals surface area contributed by atoms with Gasteiger partial charge in [-0.05, 0) is 37.8 Å². The third-order valence-corrected chi connectivity index (χ3v) is 7.47. The van der Waals surface area contributed by atoms with Gasteiger partial charge in [-0.3, -0.25) is 4.90 Å². The summed E-state index contributed by atoms with van der Waals surface area (Å²) in [4.78, 5) is 14.8. The molecule has 3 aliphatic carbocycles. The van der Waals surface area contributed by atoms with Crippen LogP contribution in [0.5, 0.6) is 0 Å². The molecule has 0 amide bonds. The average Bonchev–Trinajstić information content (AvgIpc) is 2.88. The van der Waals surface area contributed by atoms with Gasteiger partial charge >= 0.3 is 5.97 Å². The summed E-state index contributed by atoms with van der Waals surface area (Å²) < 4.78 is 6.05. The number of nitrogens with zero attached hydrogens (tertiary/aromatic N) is 1. The third-order valence-electron chi connectivity index (χ3n) is 7.47. The highest BCUT2D eigenvalue weighted by molar-refractivity contribution is 5.89. The average molecular weight is 309 g/mol. The van der Waals surface area contributed by atoms with Gasteiger partial charge in [-0.2, -0.15) is 0 Å². The van der Waals surface area contributed by atoms with E-state index < -0.39 is 0 Å². The maximum absolute atomic E-state index is 12.1. The number of rotatable bonds is 0. The molecule has 6 aliphatic rings. The molecule has 3 heterocycles. The second-order valence-electron chi connectivity index (χ2n) is 8.40. The predicted octanol–water partition coefficient (Wildman–Crippen LogP) is 2.51. The minimum atomic E-state index is -0.276. The Morgan fingerprint density at radius 3 is 2.83 bits per heavy atom. The molecule has 0 aromatic carbocycles. The molecule has 3 unspecified atom stereocenters. The first kappa shape index (κ1) is 13.1. The second-order valence-corrected chi connectivity index (χ2v) is 8.40. The Morgan fingerprint density at radius 1 is 1.13 bits per heavy atom. The summed E-state index contributed by atoms with van der Waals surface area (Å²) in [5.41, 5.74) is 0.982. The van der Waals surface area contributed by atoms with Crippen LogP contribution in [0.25, 0.3) is 0 Å². The van der Waals surface area contributed by atoms with Gasteiger partial charge in [0, 0.05) is 29.9 Å². The lowest BCUT2D eigenvalue weighted by Crippen LogP contribution is -2.50. The fourth-order valence-corrected chi connectivity index (χ4v) is 6.69. The van der Waals surface area contributed by atoms with Crippen LogP contribution in [0.15, 0.2) is 11.6 Å². The van der Waals surface area contributed by atoms with Gasteiger partial charge in [0.25, 0.3) is 0 Å². The molecule has 6 rings (SSSR count). The Bertz CT molecular complexity index is 679. The Morgan fingerprint density at radius 2 is 1.96 bits per heavy atom. The zero-order valence-corrected chi connectivity index (χ0v) is 13.5. The fourth-order valence-electron chi connectivity index (χ4n) is 6.69. The minimum absolute atomic E-state index is 0.107. The molecule has 23 heavy (non-hydrogen) atoms. The summed E-state index contributed by atoms with van der Waals surface area (Å²) in [5.74, 6) is 9.18. The van der Waals surface area contributed by atoms with Crippen LogP contribution in [-0.4, -0.2) is 35.1 Å². The van der Waals surface area contributed by atoms with Gasteiger partial charge in [0.15, 0.2) is 5.60 Å². The number of ether oxygens (including phenoxy) is 1. The van der Waals surface area contributed by atoms with Gasteiger partial charge in [-0.15, -0.1) is 0 Å². The number of fused-ring (bicyclic) bond motifs is 3. The van der Waals surface area contributed by atoms with Crippen LogP contribution in [0.4, 0.5) is 0 Å². The van der Waals surface area contributed by atoms with Gasteiger partial charge in [0.2, 0.25) is 0 Å². The molecule has 0 bridgehead atoms. The Kier molecular flexibility index (Phi) is 2.40. The summed E-state index contributed by atoms with van der Waals surface area (Å²) >= 11 is 0. The van der Waals surface area contributed by atoms with E-state index in [1.54, 1.807) is 0 Å². The van der Waals surface area contributed by atoms with Gasteiger partial charge in [-0.25, -0.2) is 4.79 Å². The van der Waals surface area contributed by atoms with E-state index in [-0.39, 0.29) is 11.6 Å². The molecule has 0 aromatic heterocycles. The van der Waals surface area contributed by atoms with E-state index in [0.717, 1.165) is 0 Å². The first-order chi connectivity index (χ1) is 11.3. The monoisotopic (exact) mass is 309 g/mol. The van der Waals surface area contributed by atoms with Crippen molar-refractivity contribution in [2.75, 3.05) is 6.54 Å². The molecular formula is C20H23NO2. The number of hydrogen-bond donors (Lipinski definition) is 0. The van der Waals surface area contributed by atoms with Crippen molar-refractivity contribution in [1.29, 1.82) is 0 Å². The predicted molar refractivity (Wildman–Crippen MR) is 85.2 cm³/mol. The third kappa shape index (κ3) is 1.45. The lowest BCUT2D eigenvalue weighted by atomic mass is 9.81. The van der Waals surface area contributed by atoms with Crippen molar-refractivity contribution in [2.24, 2.45) is 23.7 Å². The summed E-state index contributed by atoms with van der Waals surface area (Å²) in [5, 5.41) is 0. The number of hydrogen-bond acceptors (Lipinski definition) is 3. The van der Waals surface area contributed by atoms with E-state index in [4.69, 9.17) is 4.74 Å². The molecule has 0 radical (unpaired) electrons. The zero-order valence-electron chi connectivity index (χ0n) is 13.5. The normalized spacial score (nSPS) is 49.8. The molecule has 0 N–H and O–H groups in total. The number of esters is 1. The largest absolute Gasteiger partial charge is 0.449 e. The van der Waals surface area contributed by atoms with E-state index in [1.807, 2.05) is 6.08 Å². The fraction of sp³-hybridized carbons (Fsp3) is 0.750. The molecule has 3 aliphatic heterocycles. The van der Waals surface area contributed by atoms with Crippen LogP contribution in [0, 0.1) is 35.5 Å². The van der Waals surface area contributed by atoms with Crippen molar-refractivity contribution in [3.8, 4) is 11.8 Å². The van der Waals surface area contributed by atoms with Crippen LogP contribution < -0.4 is 0 Å². The highest BCUT2D eigenvalue weighted by atomic mass is 16.6. The second kappa shape index (κ2) is 4.22. The van der Waals surface area contributed by atoms with Crippen LogP contribution in [0.3, 0.4) is 0 Å². The molecule has 3 heteroatoms. The first-order valence-electron chi connectivity index (χ1n) is 9.52. The summed E-state index contributed by atoms with van der Waals surface area (Å²) in [7, 11) is 0. The quantitative estimate of drug-likeness (QED) is 0.509. The summed E-state index contributed by atoms with van der Waals surface area (Å²) in [6.07, 6.45) is 10.8. The Labute approximate surface area is 137 Å². The van der Waals surface area contributed by atoms with E-state index >= 15 is 0 Å². The lowest BCUT2D eigenvalue weighted by Gasteiger charge is -2.39. The standard InChI is InChI=1S/C20H23NO2/c22-16-11-14-13(9-8-12-5-1-2-6-12)17-18-19(17)21-10-4-3-7-15(21)20(14,18)23-16/h11-13,15,17-19H,1-7,10H2/t13?,15-,17?,18?,19-,20+/m1/s1. The molecule has 3 nitrogen and oxygen atoms in total. The molecule has 2 saturated heterocycles. The summed E-state index contributed by atoms with van der Waals surface area (Å²) in [6, 6.07) is 1.09. The minimum Gasteiger partial charge on any atom is -0.449 e. The van der Waals surface area contributed by atoms with Gasteiger partial charge < -0.3 is 4.74 Å². The van der Waals surface area contributed by atoms with Crippen molar-refractivity contribution in [1.82, 2.24) is 4.90 Å². The molecule has 120 valence electrons. The Hall–Kier alpha value is -1.27. The van der Waals surface area contributed by atoms with Crippen molar-refractivity contribution >= 4 is 5.97 Å². The number of piperidine rings is 2. The number of carbonyl (C=O) groups is 1. The molecular weight excluding hydrogens is 286 g/mol. The molecule has 6 atom stereocenters. The first-order valence-corrected chi connectivity index (χ1v) is 9.52. The van der Waals surface area contributed by atoms with Crippen molar-refractivity contribution in [3.05, 3.63) is 11.6 Å². The van der Waals surface area contributed by atoms with Gasteiger partial charge in [0.1, 0.15) is 0 Å². The molecule has 1 spiro atoms. The van der Waals surface area contributed by atoms with E-state index in [1.165, 1.54) is 57.1 Å². The topological polar surface area (TPSA) is 29.5 Å². The Balaban J connectivity index is 1.41. The van der Waals surface area contributed by atoms with Crippen molar-refractivity contribution < 1.29 is 9.53 Å². The van der Waals surface area contributed by atoms with E-state index in [2.05, 4.69) is 16.7 Å². The van der Waals surface area contributed by atoms with Crippen molar-refractivity contribution in [3.63, 3.8) is 0 Å². The van der Waals surface area contributed by atoms with E-state index in [9.17, 15) is 4.79 Å². The SMILES string of the molecule is O=C1C=C2C(C#CC3CCCC3)C3C4[C@@H]3N3CCCC[C@@H]3[C@@]24O1. The van der Waals surface area contributed by atoms with Crippen LogP contribution in [0.1, 0.15) is 44.9 Å².